The number of pyridine rings is 2. The van der Waals surface area contributed by atoms with E-state index in [0.29, 0.717) is 0 Å². The molecule has 2 aliphatic rings. The number of benzene rings is 1. The Balaban J connectivity index is 1.62. The zero-order chi connectivity index (χ0) is 30.2. The second-order valence-electron chi connectivity index (χ2n) is 9.94. The van der Waals surface area contributed by atoms with Crippen molar-refractivity contribution in [3.63, 3.8) is 0 Å². The van der Waals surface area contributed by atoms with Gasteiger partial charge in [-0.25, -0.2) is 18.2 Å². The van der Waals surface area contributed by atoms with Crippen LogP contribution in [0, 0.1) is 17.1 Å². The summed E-state index contributed by atoms with van der Waals surface area (Å²) in [4.78, 5) is 51.3. The molecule has 2 atom stereocenters. The number of alkyl halides is 2. The molecule has 3 amide bonds. The minimum atomic E-state index is -2.94. The van der Waals surface area contributed by atoms with E-state index in [1.165, 1.54) is 36.5 Å². The minimum absolute atomic E-state index is 0.00685. The number of anilines is 2. The van der Waals surface area contributed by atoms with Crippen LogP contribution in [0.4, 0.5) is 24.7 Å². The average Bonchev–Trinajstić information content (AvgIpc) is 3.32. The molecule has 216 valence electrons. The maximum absolute atomic E-state index is 14.5. The Morgan fingerprint density at radius 2 is 1.93 bits per heavy atom. The minimum Gasteiger partial charge on any atom is -0.351 e. The number of nitriles is 1. The summed E-state index contributed by atoms with van der Waals surface area (Å²) in [5.74, 6) is -5.87. The molecule has 1 saturated carbocycles. The predicted molar refractivity (Wildman–Crippen MR) is 146 cm³/mol. The highest BCUT2D eigenvalue weighted by Crippen LogP contribution is 2.40. The lowest BCUT2D eigenvalue weighted by molar-refractivity contribution is -0.133. The number of hydrogen-bond donors (Lipinski definition) is 1. The maximum Gasteiger partial charge on any atom is 0.252 e. The van der Waals surface area contributed by atoms with E-state index in [1.807, 2.05) is 6.07 Å². The molecule has 1 aromatic carbocycles. The number of amides is 3. The first-order valence-electron chi connectivity index (χ1n) is 12.7. The standard InChI is InChI=1S/C28H21Cl2F3N6O3/c29-16-1-2-20(21(30)8-16)25(26(41)37-18-10-28(32,33)11-18)38(19-9-17(31)13-35-14-19)27(42)22-3-4-24(40)39(22)23-7-15(12-34)5-6-36-23/h1-2,5-9,13-14,18,22,25H,3-4,10-11H2,(H,37,41)/t22-,25-/m0/s1. The topological polar surface area (TPSA) is 119 Å². The van der Waals surface area contributed by atoms with Crippen molar-refractivity contribution in [1.29, 1.82) is 5.26 Å². The molecule has 9 nitrogen and oxygen atoms in total. The smallest absolute Gasteiger partial charge is 0.252 e. The summed E-state index contributed by atoms with van der Waals surface area (Å²) in [5, 5.41) is 12.1. The van der Waals surface area contributed by atoms with E-state index in [1.54, 1.807) is 0 Å². The highest BCUT2D eigenvalue weighted by Gasteiger charge is 2.48. The molecule has 3 aromatic rings. The lowest BCUT2D eigenvalue weighted by Gasteiger charge is -2.39. The third-order valence-electron chi connectivity index (χ3n) is 7.02. The zero-order valence-corrected chi connectivity index (χ0v) is 23.1. The van der Waals surface area contributed by atoms with Gasteiger partial charge in [-0.3, -0.25) is 29.2 Å². The van der Waals surface area contributed by atoms with E-state index in [9.17, 15) is 32.8 Å². The molecule has 42 heavy (non-hydrogen) atoms. The van der Waals surface area contributed by atoms with E-state index in [2.05, 4.69) is 15.3 Å². The fourth-order valence-electron chi connectivity index (χ4n) is 5.09. The van der Waals surface area contributed by atoms with Crippen molar-refractivity contribution < 1.29 is 27.6 Å². The van der Waals surface area contributed by atoms with Gasteiger partial charge in [-0.1, -0.05) is 29.3 Å². The van der Waals surface area contributed by atoms with Crippen LogP contribution in [0.1, 0.15) is 42.9 Å². The van der Waals surface area contributed by atoms with Gasteiger partial charge >= 0.3 is 0 Å². The second-order valence-corrected chi connectivity index (χ2v) is 10.8. The van der Waals surface area contributed by atoms with Crippen molar-refractivity contribution in [2.24, 2.45) is 0 Å². The van der Waals surface area contributed by atoms with E-state index in [4.69, 9.17) is 23.2 Å². The molecule has 0 unspecified atom stereocenters. The van der Waals surface area contributed by atoms with Crippen molar-refractivity contribution in [3.8, 4) is 6.07 Å². The second kappa shape index (κ2) is 11.6. The number of carbonyl (C=O) groups is 3. The van der Waals surface area contributed by atoms with Crippen LogP contribution in [0.3, 0.4) is 0 Å². The number of nitrogens with one attached hydrogen (secondary N) is 1. The van der Waals surface area contributed by atoms with Gasteiger partial charge < -0.3 is 5.32 Å². The number of halogens is 5. The van der Waals surface area contributed by atoms with Gasteiger partial charge in [0.05, 0.1) is 29.7 Å². The summed E-state index contributed by atoms with van der Waals surface area (Å²) < 4.78 is 41.7. The molecule has 14 heteroatoms. The Hall–Kier alpha value is -4.21. The molecule has 0 bridgehead atoms. The van der Waals surface area contributed by atoms with Crippen LogP contribution in [-0.2, 0) is 14.4 Å². The Morgan fingerprint density at radius 1 is 1.17 bits per heavy atom. The normalized spacial score (nSPS) is 18.6. The molecule has 5 rings (SSSR count). The quantitative estimate of drug-likeness (QED) is 0.400. The van der Waals surface area contributed by atoms with Gasteiger partial charge in [-0.05, 0) is 30.7 Å². The van der Waals surface area contributed by atoms with Crippen LogP contribution in [0.15, 0.2) is 55.0 Å². The van der Waals surface area contributed by atoms with Crippen molar-refractivity contribution in [1.82, 2.24) is 15.3 Å². The first-order chi connectivity index (χ1) is 20.0. The van der Waals surface area contributed by atoms with Crippen molar-refractivity contribution in [2.45, 2.75) is 49.7 Å². The van der Waals surface area contributed by atoms with E-state index >= 15 is 0 Å². The molecular formula is C28H21Cl2F3N6O3. The molecule has 3 heterocycles. The number of carbonyl (C=O) groups excluding carboxylic acids is 3. The molecule has 1 aliphatic heterocycles. The van der Waals surface area contributed by atoms with Crippen LogP contribution >= 0.6 is 23.2 Å². The Kier molecular flexibility index (Phi) is 8.08. The van der Waals surface area contributed by atoms with Gasteiger partial charge in [-0.15, -0.1) is 0 Å². The van der Waals surface area contributed by atoms with Crippen LogP contribution < -0.4 is 15.1 Å². The largest absolute Gasteiger partial charge is 0.351 e. The predicted octanol–water partition coefficient (Wildman–Crippen LogP) is 4.98. The lowest BCUT2D eigenvalue weighted by atomic mass is 9.87. The zero-order valence-electron chi connectivity index (χ0n) is 21.6. The van der Waals surface area contributed by atoms with Gasteiger partial charge in [0, 0.05) is 53.2 Å². The Labute approximate surface area is 247 Å². The van der Waals surface area contributed by atoms with Crippen molar-refractivity contribution >= 4 is 52.4 Å². The number of hydrogen-bond acceptors (Lipinski definition) is 6. The van der Waals surface area contributed by atoms with E-state index < -0.39 is 60.4 Å². The monoisotopic (exact) mass is 616 g/mol. The van der Waals surface area contributed by atoms with Gasteiger partial charge in [-0.2, -0.15) is 5.26 Å². The third-order valence-corrected chi connectivity index (χ3v) is 7.59. The van der Waals surface area contributed by atoms with Crippen molar-refractivity contribution in [2.75, 3.05) is 9.80 Å². The Morgan fingerprint density at radius 3 is 2.60 bits per heavy atom. The third kappa shape index (κ3) is 5.89. The first kappa shape index (κ1) is 29.3. The summed E-state index contributed by atoms with van der Waals surface area (Å²) >= 11 is 12.6. The maximum atomic E-state index is 14.5. The summed E-state index contributed by atoms with van der Waals surface area (Å²) in [5.41, 5.74) is 0.116. The molecule has 2 aromatic heterocycles. The number of nitrogens with zero attached hydrogens (tertiary/aromatic N) is 5. The molecule has 1 N–H and O–H groups in total. The molecule has 0 radical (unpaired) electrons. The van der Waals surface area contributed by atoms with Gasteiger partial charge in [0.2, 0.25) is 11.8 Å². The fourth-order valence-corrected chi connectivity index (χ4v) is 5.60. The highest BCUT2D eigenvalue weighted by atomic mass is 35.5. The SMILES string of the molecule is N#Cc1ccnc(N2C(=O)CC[C@H]2C(=O)N(c2cncc(F)c2)[C@H](C(=O)NC2CC(F)(F)C2)c2ccc(Cl)cc2Cl)c1. The summed E-state index contributed by atoms with van der Waals surface area (Å²) in [6.45, 7) is 0. The van der Waals surface area contributed by atoms with Crippen LogP contribution in [0.2, 0.25) is 10.0 Å². The van der Waals surface area contributed by atoms with Gasteiger partial charge in [0.25, 0.3) is 11.8 Å². The van der Waals surface area contributed by atoms with Gasteiger partial charge in [0.15, 0.2) is 0 Å². The molecule has 0 spiro atoms. The van der Waals surface area contributed by atoms with Crippen LogP contribution in [0.5, 0.6) is 0 Å². The number of aromatic nitrogens is 2. The van der Waals surface area contributed by atoms with E-state index in [0.717, 1.165) is 28.3 Å². The summed E-state index contributed by atoms with van der Waals surface area (Å²) in [6, 6.07) is 6.15. The summed E-state index contributed by atoms with van der Waals surface area (Å²) in [6.07, 6.45) is 2.12. The molecule has 2 fully saturated rings. The average molecular weight is 617 g/mol. The lowest BCUT2D eigenvalue weighted by Crippen LogP contribution is -2.56. The summed E-state index contributed by atoms with van der Waals surface area (Å²) in [7, 11) is 0. The highest BCUT2D eigenvalue weighted by molar-refractivity contribution is 6.35. The Bertz CT molecular complexity index is 1610. The molecule has 1 saturated heterocycles. The van der Waals surface area contributed by atoms with Crippen LogP contribution in [-0.4, -0.2) is 45.7 Å². The molecular weight excluding hydrogens is 596 g/mol. The van der Waals surface area contributed by atoms with Crippen molar-refractivity contribution in [3.05, 3.63) is 82.0 Å². The fraction of sp³-hybridized carbons (Fsp3) is 0.286. The van der Waals surface area contributed by atoms with Crippen LogP contribution in [0.25, 0.3) is 0 Å². The van der Waals surface area contributed by atoms with Gasteiger partial charge in [0.1, 0.15) is 23.7 Å². The number of rotatable bonds is 7. The molecule has 1 aliphatic carbocycles. The van der Waals surface area contributed by atoms with E-state index in [-0.39, 0.29) is 45.5 Å². The first-order valence-corrected chi connectivity index (χ1v) is 13.5.